The fourth-order valence-corrected chi connectivity index (χ4v) is 2.22. The number of benzene rings is 1. The molecule has 0 spiro atoms. The first-order valence-electron chi connectivity index (χ1n) is 5.13. The van der Waals surface area contributed by atoms with Gasteiger partial charge in [-0.2, -0.15) is 0 Å². The molecule has 0 heterocycles. The molecule has 1 unspecified atom stereocenters. The Labute approximate surface area is 94.2 Å². The molecule has 1 heteroatoms. The van der Waals surface area contributed by atoms with Crippen LogP contribution < -0.4 is 0 Å². The van der Waals surface area contributed by atoms with E-state index < -0.39 is 0 Å². The summed E-state index contributed by atoms with van der Waals surface area (Å²) in [6, 6.07) is 6.77. The van der Waals surface area contributed by atoms with Crippen molar-refractivity contribution in [1.29, 1.82) is 0 Å². The van der Waals surface area contributed by atoms with Gasteiger partial charge in [0.05, 0.1) is 0 Å². The van der Waals surface area contributed by atoms with Gasteiger partial charge in [0.2, 0.25) is 0 Å². The zero-order valence-corrected chi connectivity index (χ0v) is 10.0. The molecule has 2 rings (SSSR count). The number of halogens is 1. The standard InChI is InChI=1S/C13H15Br/c1-3-9(2)11-6-12(10-4-5-10)8-13(14)7-11/h3,6-10H,1,4-5H2,2H3. The van der Waals surface area contributed by atoms with Crippen LogP contribution in [-0.4, -0.2) is 0 Å². The van der Waals surface area contributed by atoms with E-state index in [-0.39, 0.29) is 0 Å². The summed E-state index contributed by atoms with van der Waals surface area (Å²) in [5.74, 6) is 1.27. The van der Waals surface area contributed by atoms with Crippen LogP contribution in [0.2, 0.25) is 0 Å². The maximum Gasteiger partial charge on any atom is 0.0181 e. The zero-order valence-electron chi connectivity index (χ0n) is 8.46. The van der Waals surface area contributed by atoms with E-state index in [9.17, 15) is 0 Å². The minimum Gasteiger partial charge on any atom is -0.102 e. The summed E-state index contributed by atoms with van der Waals surface area (Å²) in [5, 5.41) is 0. The van der Waals surface area contributed by atoms with Crippen molar-refractivity contribution in [1.82, 2.24) is 0 Å². The Balaban J connectivity index is 2.35. The molecular formula is C13H15Br. The van der Waals surface area contributed by atoms with Gasteiger partial charge < -0.3 is 0 Å². The molecule has 74 valence electrons. The number of hydrogen-bond donors (Lipinski definition) is 0. The monoisotopic (exact) mass is 250 g/mol. The van der Waals surface area contributed by atoms with Gasteiger partial charge in [0, 0.05) is 4.47 Å². The molecule has 0 N–H and O–H groups in total. The van der Waals surface area contributed by atoms with Crippen LogP contribution in [0, 0.1) is 0 Å². The van der Waals surface area contributed by atoms with E-state index in [1.165, 1.54) is 28.4 Å². The molecule has 0 saturated heterocycles. The second-order valence-electron chi connectivity index (χ2n) is 4.12. The summed E-state index contributed by atoms with van der Waals surface area (Å²) in [4.78, 5) is 0. The molecule has 1 fully saturated rings. The normalized spacial score (nSPS) is 17.9. The van der Waals surface area contributed by atoms with Gasteiger partial charge in [-0.1, -0.05) is 35.0 Å². The van der Waals surface area contributed by atoms with Crippen molar-refractivity contribution in [2.45, 2.75) is 31.6 Å². The van der Waals surface area contributed by atoms with Crippen molar-refractivity contribution < 1.29 is 0 Å². The van der Waals surface area contributed by atoms with Crippen molar-refractivity contribution in [2.24, 2.45) is 0 Å². The van der Waals surface area contributed by atoms with E-state index in [2.05, 4.69) is 47.6 Å². The van der Waals surface area contributed by atoms with Crippen LogP contribution in [-0.2, 0) is 0 Å². The highest BCUT2D eigenvalue weighted by molar-refractivity contribution is 9.10. The van der Waals surface area contributed by atoms with Crippen LogP contribution in [0.15, 0.2) is 35.3 Å². The topological polar surface area (TPSA) is 0 Å². The molecule has 14 heavy (non-hydrogen) atoms. The average Bonchev–Trinajstić information content (AvgIpc) is 2.98. The van der Waals surface area contributed by atoms with E-state index in [1.54, 1.807) is 0 Å². The van der Waals surface area contributed by atoms with Gasteiger partial charge in [-0.3, -0.25) is 0 Å². The lowest BCUT2D eigenvalue weighted by Gasteiger charge is -2.09. The van der Waals surface area contributed by atoms with Crippen LogP contribution in [0.25, 0.3) is 0 Å². The zero-order chi connectivity index (χ0) is 10.1. The Morgan fingerprint density at radius 2 is 2.14 bits per heavy atom. The highest BCUT2D eigenvalue weighted by atomic mass is 79.9. The summed E-state index contributed by atoms with van der Waals surface area (Å²) in [7, 11) is 0. The third kappa shape index (κ3) is 2.09. The van der Waals surface area contributed by atoms with Crippen LogP contribution in [0.4, 0.5) is 0 Å². The lowest BCUT2D eigenvalue weighted by atomic mass is 9.98. The first-order chi connectivity index (χ1) is 6.70. The quantitative estimate of drug-likeness (QED) is 0.688. The molecule has 0 aliphatic heterocycles. The second-order valence-corrected chi connectivity index (χ2v) is 5.03. The number of hydrogen-bond acceptors (Lipinski definition) is 0. The summed E-state index contributed by atoms with van der Waals surface area (Å²) in [5.41, 5.74) is 2.86. The molecular weight excluding hydrogens is 236 g/mol. The first kappa shape index (κ1) is 9.97. The molecule has 0 aromatic heterocycles. The van der Waals surface area contributed by atoms with Crippen molar-refractivity contribution in [3.63, 3.8) is 0 Å². The van der Waals surface area contributed by atoms with Gasteiger partial charge in [0.15, 0.2) is 0 Å². The van der Waals surface area contributed by atoms with E-state index >= 15 is 0 Å². The molecule has 1 saturated carbocycles. The molecule has 1 aliphatic rings. The Morgan fingerprint density at radius 1 is 1.43 bits per heavy atom. The molecule has 0 radical (unpaired) electrons. The predicted octanol–water partition coefficient (Wildman–Crippen LogP) is 4.62. The summed E-state index contributed by atoms with van der Waals surface area (Å²) in [6.07, 6.45) is 4.72. The molecule has 1 aromatic carbocycles. The molecule has 1 aromatic rings. The predicted molar refractivity (Wildman–Crippen MR) is 64.7 cm³/mol. The Morgan fingerprint density at radius 3 is 2.71 bits per heavy atom. The van der Waals surface area contributed by atoms with Gasteiger partial charge in [-0.15, -0.1) is 6.58 Å². The molecule has 1 aliphatic carbocycles. The smallest absolute Gasteiger partial charge is 0.0181 e. The highest BCUT2D eigenvalue weighted by Crippen LogP contribution is 2.41. The molecule has 0 bridgehead atoms. The van der Waals surface area contributed by atoms with Gasteiger partial charge >= 0.3 is 0 Å². The van der Waals surface area contributed by atoms with Crippen molar-refractivity contribution in [3.05, 3.63) is 46.5 Å². The van der Waals surface area contributed by atoms with Crippen LogP contribution in [0.3, 0.4) is 0 Å². The van der Waals surface area contributed by atoms with Crippen molar-refractivity contribution in [2.75, 3.05) is 0 Å². The first-order valence-corrected chi connectivity index (χ1v) is 5.93. The minimum atomic E-state index is 0.449. The third-order valence-electron chi connectivity index (χ3n) is 2.87. The van der Waals surface area contributed by atoms with Crippen LogP contribution in [0.1, 0.15) is 42.7 Å². The number of rotatable bonds is 3. The lowest BCUT2D eigenvalue weighted by molar-refractivity contribution is 0.958. The van der Waals surface area contributed by atoms with Gasteiger partial charge in [-0.05, 0) is 47.9 Å². The van der Waals surface area contributed by atoms with Crippen LogP contribution >= 0.6 is 15.9 Å². The minimum absolute atomic E-state index is 0.449. The molecule has 0 nitrogen and oxygen atoms in total. The Hall–Kier alpha value is -0.560. The van der Waals surface area contributed by atoms with Gasteiger partial charge in [-0.25, -0.2) is 0 Å². The maximum absolute atomic E-state index is 3.84. The third-order valence-corrected chi connectivity index (χ3v) is 3.33. The maximum atomic E-state index is 3.84. The molecule has 1 atom stereocenters. The summed E-state index contributed by atoms with van der Waals surface area (Å²) in [6.45, 7) is 6.03. The van der Waals surface area contributed by atoms with Gasteiger partial charge in [0.1, 0.15) is 0 Å². The number of allylic oxidation sites excluding steroid dienone is 1. The van der Waals surface area contributed by atoms with Gasteiger partial charge in [0.25, 0.3) is 0 Å². The largest absolute Gasteiger partial charge is 0.102 e. The SMILES string of the molecule is C=CC(C)c1cc(Br)cc(C2CC2)c1. The average molecular weight is 251 g/mol. The van der Waals surface area contributed by atoms with E-state index in [0.717, 1.165) is 5.92 Å². The van der Waals surface area contributed by atoms with E-state index in [1.807, 2.05) is 6.08 Å². The van der Waals surface area contributed by atoms with E-state index in [4.69, 9.17) is 0 Å². The summed E-state index contributed by atoms with van der Waals surface area (Å²) < 4.78 is 1.20. The Bertz CT molecular complexity index is 350. The fraction of sp³-hybridized carbons (Fsp3) is 0.385. The second kappa shape index (κ2) is 3.90. The summed E-state index contributed by atoms with van der Waals surface area (Å²) >= 11 is 3.57. The Kier molecular flexibility index (Phi) is 2.78. The molecule has 0 amide bonds. The lowest BCUT2D eigenvalue weighted by Crippen LogP contribution is -1.91. The fourth-order valence-electron chi connectivity index (χ4n) is 1.69. The highest BCUT2D eigenvalue weighted by Gasteiger charge is 2.24. The van der Waals surface area contributed by atoms with Crippen molar-refractivity contribution >= 4 is 15.9 Å². The van der Waals surface area contributed by atoms with Crippen LogP contribution in [0.5, 0.6) is 0 Å². The van der Waals surface area contributed by atoms with Crippen molar-refractivity contribution in [3.8, 4) is 0 Å². The van der Waals surface area contributed by atoms with E-state index in [0.29, 0.717) is 5.92 Å².